The van der Waals surface area contributed by atoms with E-state index in [1.54, 1.807) is 13.8 Å². The third-order valence-corrected chi connectivity index (χ3v) is 2.44. The molecule has 0 radical (unpaired) electrons. The van der Waals surface area contributed by atoms with Crippen molar-refractivity contribution < 1.29 is 14.4 Å². The molecule has 0 bridgehead atoms. The van der Waals surface area contributed by atoms with Gasteiger partial charge in [-0.05, 0) is 13.8 Å². The third kappa shape index (κ3) is 2.26. The van der Waals surface area contributed by atoms with E-state index in [2.05, 4.69) is 10.6 Å². The number of nitrogens with zero attached hydrogens (tertiary/aromatic N) is 1. The van der Waals surface area contributed by atoms with Gasteiger partial charge in [-0.25, -0.2) is 0 Å². The Labute approximate surface area is 88.0 Å². The molecule has 3 amide bonds. The Bertz CT molecular complexity index is 303. The van der Waals surface area contributed by atoms with Crippen molar-refractivity contribution in [2.45, 2.75) is 25.9 Å². The van der Waals surface area contributed by atoms with Gasteiger partial charge < -0.3 is 15.5 Å². The minimum atomic E-state index is -0.615. The van der Waals surface area contributed by atoms with E-state index in [0.717, 1.165) is 0 Å². The second-order valence-corrected chi connectivity index (χ2v) is 3.55. The third-order valence-electron chi connectivity index (χ3n) is 2.44. The van der Waals surface area contributed by atoms with Crippen LogP contribution in [0.2, 0.25) is 0 Å². The molecule has 1 heterocycles. The van der Waals surface area contributed by atoms with Crippen molar-refractivity contribution in [2.75, 3.05) is 13.6 Å². The SMILES string of the molecule is CNC(=O)C(C)N1CC(=O)NC(C)C1=O. The van der Waals surface area contributed by atoms with Crippen LogP contribution in [0.3, 0.4) is 0 Å². The summed E-state index contributed by atoms with van der Waals surface area (Å²) in [7, 11) is 1.50. The molecule has 0 saturated carbocycles. The first-order chi connectivity index (χ1) is 6.97. The lowest BCUT2D eigenvalue weighted by Gasteiger charge is -2.34. The number of hydrogen-bond donors (Lipinski definition) is 2. The standard InChI is InChI=1S/C9H15N3O3/c1-5-9(15)12(4-7(13)11-5)6(2)8(14)10-3/h5-6H,4H2,1-3H3,(H,10,14)(H,11,13). The minimum absolute atomic E-state index is 0.0578. The highest BCUT2D eigenvalue weighted by Crippen LogP contribution is 2.07. The lowest BCUT2D eigenvalue weighted by atomic mass is 10.1. The van der Waals surface area contributed by atoms with Crippen LogP contribution in [-0.2, 0) is 14.4 Å². The molecular formula is C9H15N3O3. The summed E-state index contributed by atoms with van der Waals surface area (Å²) in [5, 5.41) is 4.96. The van der Waals surface area contributed by atoms with Crippen LogP contribution in [0.25, 0.3) is 0 Å². The van der Waals surface area contributed by atoms with Crippen LogP contribution in [-0.4, -0.2) is 48.3 Å². The zero-order valence-electron chi connectivity index (χ0n) is 9.03. The Morgan fingerprint density at radius 1 is 1.60 bits per heavy atom. The van der Waals surface area contributed by atoms with Gasteiger partial charge in [-0.3, -0.25) is 14.4 Å². The van der Waals surface area contributed by atoms with Gasteiger partial charge in [0.2, 0.25) is 17.7 Å². The number of piperazine rings is 1. The number of likely N-dealkylation sites (N-methyl/N-ethyl adjacent to an activating group) is 1. The van der Waals surface area contributed by atoms with E-state index in [9.17, 15) is 14.4 Å². The average molecular weight is 213 g/mol. The van der Waals surface area contributed by atoms with Crippen LogP contribution >= 0.6 is 0 Å². The molecule has 0 spiro atoms. The number of nitrogens with one attached hydrogen (secondary N) is 2. The molecule has 1 saturated heterocycles. The van der Waals surface area contributed by atoms with E-state index in [4.69, 9.17) is 0 Å². The second-order valence-electron chi connectivity index (χ2n) is 3.55. The van der Waals surface area contributed by atoms with Gasteiger partial charge in [-0.1, -0.05) is 0 Å². The summed E-state index contributed by atoms with van der Waals surface area (Å²) < 4.78 is 0. The number of hydrogen-bond acceptors (Lipinski definition) is 3. The van der Waals surface area contributed by atoms with E-state index >= 15 is 0 Å². The molecule has 1 rings (SSSR count). The molecule has 0 aliphatic carbocycles. The molecule has 1 aliphatic heterocycles. The summed E-state index contributed by atoms with van der Waals surface area (Å²) in [5.41, 5.74) is 0. The molecule has 0 aromatic carbocycles. The minimum Gasteiger partial charge on any atom is -0.357 e. The second kappa shape index (κ2) is 4.29. The Kier molecular flexibility index (Phi) is 3.28. The van der Waals surface area contributed by atoms with Gasteiger partial charge in [0.15, 0.2) is 0 Å². The quantitative estimate of drug-likeness (QED) is 0.584. The predicted octanol–water partition coefficient (Wildman–Crippen LogP) is -1.53. The van der Waals surface area contributed by atoms with Crippen molar-refractivity contribution in [3.8, 4) is 0 Å². The van der Waals surface area contributed by atoms with Crippen molar-refractivity contribution in [1.29, 1.82) is 0 Å². The molecule has 2 atom stereocenters. The van der Waals surface area contributed by atoms with Gasteiger partial charge in [0.05, 0.1) is 0 Å². The maximum Gasteiger partial charge on any atom is 0.246 e. The fourth-order valence-corrected chi connectivity index (χ4v) is 1.51. The highest BCUT2D eigenvalue weighted by atomic mass is 16.2. The number of amides is 3. The Morgan fingerprint density at radius 2 is 2.20 bits per heavy atom. The Balaban J connectivity index is 2.79. The summed E-state index contributed by atoms with van der Waals surface area (Å²) in [6.07, 6.45) is 0. The maximum absolute atomic E-state index is 11.7. The van der Waals surface area contributed by atoms with Gasteiger partial charge in [0, 0.05) is 7.05 Å². The molecule has 1 fully saturated rings. The monoisotopic (exact) mass is 213 g/mol. The van der Waals surface area contributed by atoms with Gasteiger partial charge in [-0.2, -0.15) is 0 Å². The van der Waals surface area contributed by atoms with Crippen LogP contribution < -0.4 is 10.6 Å². The summed E-state index contributed by atoms with van der Waals surface area (Å²) in [6, 6.07) is -1.17. The zero-order valence-corrected chi connectivity index (χ0v) is 9.03. The molecule has 2 unspecified atom stereocenters. The number of rotatable bonds is 2. The van der Waals surface area contributed by atoms with Crippen molar-refractivity contribution in [3.63, 3.8) is 0 Å². The molecular weight excluding hydrogens is 198 g/mol. The lowest BCUT2D eigenvalue weighted by Crippen LogP contribution is -2.61. The largest absolute Gasteiger partial charge is 0.357 e. The Morgan fingerprint density at radius 3 is 2.73 bits per heavy atom. The van der Waals surface area contributed by atoms with Crippen LogP contribution in [0.1, 0.15) is 13.8 Å². The first kappa shape index (κ1) is 11.5. The fraction of sp³-hybridized carbons (Fsp3) is 0.667. The van der Waals surface area contributed by atoms with Gasteiger partial charge >= 0.3 is 0 Å². The van der Waals surface area contributed by atoms with E-state index < -0.39 is 12.1 Å². The van der Waals surface area contributed by atoms with E-state index in [-0.39, 0.29) is 24.3 Å². The van der Waals surface area contributed by atoms with Crippen molar-refractivity contribution in [2.24, 2.45) is 0 Å². The van der Waals surface area contributed by atoms with E-state index in [1.807, 2.05) is 0 Å². The van der Waals surface area contributed by atoms with Crippen LogP contribution in [0.4, 0.5) is 0 Å². The molecule has 2 N–H and O–H groups in total. The average Bonchev–Trinajstić information content (AvgIpc) is 2.21. The van der Waals surface area contributed by atoms with Crippen LogP contribution in [0.15, 0.2) is 0 Å². The molecule has 1 aliphatic rings. The van der Waals surface area contributed by atoms with Gasteiger partial charge in [0.25, 0.3) is 0 Å². The maximum atomic E-state index is 11.7. The summed E-state index contributed by atoms with van der Waals surface area (Å²) >= 11 is 0. The summed E-state index contributed by atoms with van der Waals surface area (Å²) in [6.45, 7) is 3.14. The lowest BCUT2D eigenvalue weighted by molar-refractivity contribution is -0.149. The Hall–Kier alpha value is -1.59. The van der Waals surface area contributed by atoms with Gasteiger partial charge in [-0.15, -0.1) is 0 Å². The van der Waals surface area contributed by atoms with Crippen molar-refractivity contribution >= 4 is 17.7 Å². The van der Waals surface area contributed by atoms with Crippen LogP contribution in [0, 0.1) is 0 Å². The highest BCUT2D eigenvalue weighted by Gasteiger charge is 2.34. The highest BCUT2D eigenvalue weighted by molar-refractivity contribution is 5.97. The summed E-state index contributed by atoms with van der Waals surface area (Å²) in [4.78, 5) is 35.5. The molecule has 6 nitrogen and oxygen atoms in total. The first-order valence-corrected chi connectivity index (χ1v) is 4.78. The van der Waals surface area contributed by atoms with Gasteiger partial charge in [0.1, 0.15) is 18.6 Å². The molecule has 0 aromatic heterocycles. The topological polar surface area (TPSA) is 78.5 Å². The van der Waals surface area contributed by atoms with Crippen molar-refractivity contribution in [3.05, 3.63) is 0 Å². The van der Waals surface area contributed by atoms with E-state index in [1.165, 1.54) is 11.9 Å². The molecule has 6 heteroatoms. The van der Waals surface area contributed by atoms with E-state index in [0.29, 0.717) is 0 Å². The van der Waals surface area contributed by atoms with Crippen LogP contribution in [0.5, 0.6) is 0 Å². The first-order valence-electron chi connectivity index (χ1n) is 4.78. The fourth-order valence-electron chi connectivity index (χ4n) is 1.51. The normalized spacial score (nSPS) is 23.4. The number of carbonyl (C=O) groups is 3. The summed E-state index contributed by atoms with van der Waals surface area (Å²) in [5.74, 6) is -0.742. The zero-order chi connectivity index (χ0) is 11.6. The number of carbonyl (C=O) groups excluding carboxylic acids is 3. The molecule has 0 aromatic rings. The van der Waals surface area contributed by atoms with Crippen molar-refractivity contribution in [1.82, 2.24) is 15.5 Å². The predicted molar refractivity (Wildman–Crippen MR) is 52.8 cm³/mol. The molecule has 15 heavy (non-hydrogen) atoms. The molecule has 84 valence electrons. The smallest absolute Gasteiger partial charge is 0.246 e.